The minimum absolute atomic E-state index is 0.0147. The maximum atomic E-state index is 14.6. The molecular formula is C40H47ClN10O4S. The summed E-state index contributed by atoms with van der Waals surface area (Å²) >= 11 is 8.29. The number of nitrogens with one attached hydrogen (secondary N) is 5. The molecule has 3 amide bonds. The SMILES string of the molecule is CN1C(=O)[C@H](CCCCN)NC(=O)[C@H](CCCN)NCc2cccnc2Sc2c(Cl)ccc(-c3cnc(=O)[nH]c3)c2CNC(=O)[C@@H]1Cc1c[nH]c2ccccc12. The molecule has 1 aliphatic heterocycles. The van der Waals surface area contributed by atoms with E-state index in [9.17, 15) is 19.2 Å². The maximum absolute atomic E-state index is 14.6. The van der Waals surface area contributed by atoms with E-state index in [0.717, 1.165) is 22.0 Å². The second-order valence-electron chi connectivity index (χ2n) is 13.7. The Hall–Kier alpha value is -5.06. The summed E-state index contributed by atoms with van der Waals surface area (Å²) in [5.74, 6) is -1.15. The number of para-hydroxylation sites is 1. The molecule has 5 aromatic rings. The average molecular weight is 799 g/mol. The molecule has 294 valence electrons. The molecule has 0 unspecified atom stereocenters. The predicted molar refractivity (Wildman–Crippen MR) is 218 cm³/mol. The van der Waals surface area contributed by atoms with Crippen LogP contribution in [0.15, 0.2) is 88.0 Å². The molecule has 0 saturated heterocycles. The molecule has 14 nitrogen and oxygen atoms in total. The molecule has 0 saturated carbocycles. The number of likely N-dealkylation sites (N-methyl/N-ethyl adjacent to an activating group) is 1. The van der Waals surface area contributed by atoms with Crippen molar-refractivity contribution < 1.29 is 14.4 Å². The first-order valence-corrected chi connectivity index (χ1v) is 19.9. The predicted octanol–water partition coefficient (Wildman–Crippen LogP) is 3.63. The topological polar surface area (TPSA) is 217 Å². The molecule has 9 N–H and O–H groups in total. The molecule has 2 aromatic carbocycles. The number of hydrogen-bond acceptors (Lipinski definition) is 10. The summed E-state index contributed by atoms with van der Waals surface area (Å²) in [7, 11) is 1.60. The van der Waals surface area contributed by atoms with Crippen LogP contribution in [0.25, 0.3) is 22.0 Å². The lowest BCUT2D eigenvalue weighted by molar-refractivity contribution is -0.142. The number of H-pyrrole nitrogens is 2. The van der Waals surface area contributed by atoms with E-state index in [0.29, 0.717) is 76.8 Å². The lowest BCUT2D eigenvalue weighted by Crippen LogP contribution is -2.57. The monoisotopic (exact) mass is 798 g/mol. The Balaban J connectivity index is 1.47. The first kappa shape index (κ1) is 40.6. The van der Waals surface area contributed by atoms with Crippen molar-refractivity contribution in [3.05, 3.63) is 106 Å². The number of benzene rings is 2. The number of nitrogens with two attached hydrogens (primary N) is 2. The third kappa shape index (κ3) is 9.65. The van der Waals surface area contributed by atoms with Crippen LogP contribution in [0.2, 0.25) is 5.02 Å². The Morgan fingerprint density at radius 3 is 2.46 bits per heavy atom. The number of aromatic nitrogens is 4. The zero-order valence-electron chi connectivity index (χ0n) is 31.1. The van der Waals surface area contributed by atoms with Gasteiger partial charge in [-0.2, -0.15) is 0 Å². The highest BCUT2D eigenvalue weighted by Crippen LogP contribution is 2.41. The molecule has 56 heavy (non-hydrogen) atoms. The van der Waals surface area contributed by atoms with Crippen molar-refractivity contribution in [1.29, 1.82) is 0 Å². The summed E-state index contributed by atoms with van der Waals surface area (Å²) in [5.41, 5.74) is 15.7. The van der Waals surface area contributed by atoms with E-state index in [1.165, 1.54) is 22.9 Å². The van der Waals surface area contributed by atoms with Gasteiger partial charge in [-0.25, -0.2) is 14.8 Å². The minimum atomic E-state index is -0.978. The molecule has 4 heterocycles. The number of carbonyl (C=O) groups excluding carboxylic acids is 3. The molecule has 3 atom stereocenters. The summed E-state index contributed by atoms with van der Waals surface area (Å²) < 4.78 is 0. The van der Waals surface area contributed by atoms with Gasteiger partial charge in [-0.15, -0.1) is 0 Å². The van der Waals surface area contributed by atoms with Crippen LogP contribution < -0.4 is 33.1 Å². The summed E-state index contributed by atoms with van der Waals surface area (Å²) in [6, 6.07) is 12.5. The van der Waals surface area contributed by atoms with Crippen LogP contribution in [-0.4, -0.2) is 80.8 Å². The van der Waals surface area contributed by atoms with Crippen molar-refractivity contribution in [3.8, 4) is 11.1 Å². The van der Waals surface area contributed by atoms with Gasteiger partial charge in [0.25, 0.3) is 0 Å². The zero-order valence-corrected chi connectivity index (χ0v) is 32.7. The van der Waals surface area contributed by atoms with E-state index in [4.69, 9.17) is 28.1 Å². The fourth-order valence-electron chi connectivity index (χ4n) is 6.90. The fourth-order valence-corrected chi connectivity index (χ4v) is 8.24. The first-order valence-electron chi connectivity index (χ1n) is 18.7. The molecule has 0 radical (unpaired) electrons. The fraction of sp³-hybridized carbons (Fsp3) is 0.350. The third-order valence-electron chi connectivity index (χ3n) is 10.0. The number of unbranched alkanes of at least 4 members (excludes halogenated alkanes) is 1. The van der Waals surface area contributed by atoms with Gasteiger partial charge < -0.3 is 42.3 Å². The summed E-state index contributed by atoms with van der Waals surface area (Å²) in [6.07, 6.45) is 9.35. The number of hydrogen-bond donors (Lipinski definition) is 7. The molecule has 1 aliphatic rings. The van der Waals surface area contributed by atoms with Gasteiger partial charge in [0.2, 0.25) is 17.7 Å². The number of halogens is 1. The summed E-state index contributed by atoms with van der Waals surface area (Å²) in [4.78, 5) is 71.8. The maximum Gasteiger partial charge on any atom is 0.344 e. The number of rotatable bonds is 10. The molecule has 0 bridgehead atoms. The highest BCUT2D eigenvalue weighted by molar-refractivity contribution is 7.99. The molecule has 16 heteroatoms. The van der Waals surface area contributed by atoms with Crippen molar-refractivity contribution in [2.75, 3.05) is 20.1 Å². The highest BCUT2D eigenvalue weighted by atomic mass is 35.5. The normalized spacial score (nSPS) is 18.5. The number of nitrogens with zero attached hydrogens (tertiary/aromatic N) is 3. The molecule has 0 fully saturated rings. The minimum Gasteiger partial charge on any atom is -0.361 e. The van der Waals surface area contributed by atoms with Gasteiger partial charge in [-0.3, -0.25) is 14.4 Å². The van der Waals surface area contributed by atoms with Crippen LogP contribution in [0.4, 0.5) is 0 Å². The van der Waals surface area contributed by atoms with Crippen LogP contribution >= 0.6 is 23.4 Å². The lowest BCUT2D eigenvalue weighted by atomic mass is 10.00. The van der Waals surface area contributed by atoms with Gasteiger partial charge in [0.1, 0.15) is 17.1 Å². The first-order chi connectivity index (χ1) is 27.2. The van der Waals surface area contributed by atoms with Gasteiger partial charge in [-0.05, 0) is 85.6 Å². The number of aromatic amines is 2. The van der Waals surface area contributed by atoms with E-state index in [-0.39, 0.29) is 25.4 Å². The van der Waals surface area contributed by atoms with Crippen molar-refractivity contribution in [3.63, 3.8) is 0 Å². The van der Waals surface area contributed by atoms with Crippen molar-refractivity contribution >= 4 is 52.0 Å². The average Bonchev–Trinajstić information content (AvgIpc) is 3.62. The number of pyridine rings is 1. The largest absolute Gasteiger partial charge is 0.361 e. The van der Waals surface area contributed by atoms with Gasteiger partial charge in [0, 0.05) is 72.7 Å². The van der Waals surface area contributed by atoms with Crippen molar-refractivity contribution in [2.24, 2.45) is 11.5 Å². The molecular weight excluding hydrogens is 752 g/mol. The van der Waals surface area contributed by atoms with Crippen LogP contribution in [0, 0.1) is 0 Å². The Bertz CT molecular complexity index is 2210. The summed E-state index contributed by atoms with van der Waals surface area (Å²) in [6.45, 7) is 1.12. The van der Waals surface area contributed by atoms with E-state index in [1.807, 2.05) is 48.7 Å². The van der Waals surface area contributed by atoms with Crippen LogP contribution in [0.1, 0.15) is 48.8 Å². The zero-order chi connectivity index (χ0) is 39.6. The number of amides is 3. The Labute approximate surface area is 334 Å². The Morgan fingerprint density at radius 1 is 0.875 bits per heavy atom. The van der Waals surface area contributed by atoms with Gasteiger partial charge >= 0.3 is 5.69 Å². The molecule has 3 aromatic heterocycles. The van der Waals surface area contributed by atoms with E-state index >= 15 is 0 Å². The van der Waals surface area contributed by atoms with E-state index in [1.54, 1.807) is 25.5 Å². The van der Waals surface area contributed by atoms with Crippen molar-refractivity contribution in [1.82, 2.24) is 40.8 Å². The number of carbonyl (C=O) groups is 3. The second kappa shape index (κ2) is 19.2. The molecule has 0 aliphatic carbocycles. The smallest absolute Gasteiger partial charge is 0.344 e. The Morgan fingerprint density at radius 2 is 1.68 bits per heavy atom. The summed E-state index contributed by atoms with van der Waals surface area (Å²) in [5, 5.41) is 11.5. The van der Waals surface area contributed by atoms with Gasteiger partial charge in [0.15, 0.2) is 0 Å². The van der Waals surface area contributed by atoms with Gasteiger partial charge in [-0.1, -0.05) is 53.7 Å². The van der Waals surface area contributed by atoms with Crippen LogP contribution in [0.3, 0.4) is 0 Å². The quantitative estimate of drug-likeness (QED) is 0.102. The second-order valence-corrected chi connectivity index (χ2v) is 15.1. The number of fused-ring (bicyclic) bond motifs is 3. The third-order valence-corrected chi connectivity index (χ3v) is 11.7. The highest BCUT2D eigenvalue weighted by Gasteiger charge is 2.34. The van der Waals surface area contributed by atoms with Crippen LogP contribution in [-0.2, 0) is 33.9 Å². The standard InChI is InChI=1S/C40H47ClN10O4S/c1-51-34(18-25-20-45-31-10-3-2-9-28(25)31)37(53)47-23-29-27(26-21-48-40(55)49-22-26)13-14-30(41)35(29)56-38-24(8-7-17-44-38)19-46-32(12-6-16-43)36(52)50-33(39(51)54)11-4-5-15-42/h2-3,7-10,13-14,17,20-22,32-34,45-46H,4-6,11-12,15-16,18-19,23,42-43H2,1H3,(H,47,53)(H,50,52)(H,48,49,55)/t32-,33-,34-/m0/s1. The van der Waals surface area contributed by atoms with E-state index in [2.05, 4.69) is 30.9 Å². The Kier molecular flexibility index (Phi) is 13.9. The molecule has 0 spiro atoms. The lowest BCUT2D eigenvalue weighted by Gasteiger charge is -2.32. The molecule has 6 rings (SSSR count). The van der Waals surface area contributed by atoms with E-state index < -0.39 is 35.6 Å². The van der Waals surface area contributed by atoms with Crippen molar-refractivity contribution in [2.45, 2.75) is 79.7 Å². The van der Waals surface area contributed by atoms with Gasteiger partial charge in [0.05, 0.1) is 11.1 Å². The van der Waals surface area contributed by atoms with Crippen LogP contribution in [0.5, 0.6) is 0 Å².